The van der Waals surface area contributed by atoms with E-state index in [1.807, 2.05) is 42.6 Å². The first kappa shape index (κ1) is 18.4. The van der Waals surface area contributed by atoms with Gasteiger partial charge in [-0.1, -0.05) is 30.3 Å². The third-order valence-electron chi connectivity index (χ3n) is 5.62. The zero-order chi connectivity index (χ0) is 20.5. The molecule has 0 radical (unpaired) electrons. The molecule has 4 aromatic rings. The van der Waals surface area contributed by atoms with E-state index in [1.54, 1.807) is 29.0 Å². The number of aromatic nitrogens is 4. The molecule has 0 spiro atoms. The molecule has 0 saturated heterocycles. The third kappa shape index (κ3) is 3.44. The summed E-state index contributed by atoms with van der Waals surface area (Å²) in [5.41, 5.74) is 10.7. The van der Waals surface area contributed by atoms with Crippen molar-refractivity contribution >= 4 is 11.6 Å². The number of pyridine rings is 1. The van der Waals surface area contributed by atoms with Gasteiger partial charge in [-0.3, -0.25) is 9.78 Å². The maximum absolute atomic E-state index is 12.7. The van der Waals surface area contributed by atoms with Gasteiger partial charge in [0.25, 0.3) is 5.91 Å². The van der Waals surface area contributed by atoms with Crippen LogP contribution in [0.15, 0.2) is 67.1 Å². The molecule has 1 amide bonds. The van der Waals surface area contributed by atoms with E-state index in [2.05, 4.69) is 15.4 Å². The molecule has 3 heterocycles. The van der Waals surface area contributed by atoms with Gasteiger partial charge < -0.3 is 11.1 Å². The van der Waals surface area contributed by atoms with Crippen LogP contribution in [0.5, 0.6) is 0 Å². The highest BCUT2D eigenvalue weighted by molar-refractivity contribution is 5.95. The Balaban J connectivity index is 1.48. The predicted molar refractivity (Wildman–Crippen MR) is 115 cm³/mol. The van der Waals surface area contributed by atoms with Gasteiger partial charge >= 0.3 is 0 Å². The first-order chi connectivity index (χ1) is 14.7. The Labute approximate surface area is 174 Å². The van der Waals surface area contributed by atoms with Gasteiger partial charge in [-0.15, -0.1) is 0 Å². The molecule has 1 aliphatic rings. The Bertz CT molecular complexity index is 1200. The second-order valence-electron chi connectivity index (χ2n) is 7.61. The summed E-state index contributed by atoms with van der Waals surface area (Å²) >= 11 is 0. The largest absolute Gasteiger partial charge is 0.348 e. The van der Waals surface area contributed by atoms with Gasteiger partial charge in [0.15, 0.2) is 5.65 Å². The minimum Gasteiger partial charge on any atom is -0.348 e. The minimum absolute atomic E-state index is 0.0236. The predicted octanol–water partition coefficient (Wildman–Crippen LogP) is 3.07. The number of carbonyl (C=O) groups excluding carboxylic acids is 1. The van der Waals surface area contributed by atoms with Crippen molar-refractivity contribution in [3.8, 4) is 22.5 Å². The molecule has 150 valence electrons. The van der Waals surface area contributed by atoms with E-state index in [4.69, 9.17) is 10.7 Å². The van der Waals surface area contributed by atoms with Crippen molar-refractivity contribution in [1.82, 2.24) is 24.9 Å². The third-order valence-corrected chi connectivity index (χ3v) is 5.62. The van der Waals surface area contributed by atoms with Crippen molar-refractivity contribution in [3.05, 3.63) is 72.7 Å². The Morgan fingerprint density at radius 1 is 1.10 bits per heavy atom. The Kier molecular flexibility index (Phi) is 4.72. The fourth-order valence-electron chi connectivity index (χ4n) is 3.96. The monoisotopic (exact) mass is 398 g/mol. The minimum atomic E-state index is -0.129. The highest BCUT2D eigenvalue weighted by atomic mass is 16.1. The van der Waals surface area contributed by atoms with E-state index in [0.29, 0.717) is 16.9 Å². The molecule has 0 aliphatic heterocycles. The lowest BCUT2D eigenvalue weighted by molar-refractivity contribution is 0.0934. The summed E-state index contributed by atoms with van der Waals surface area (Å²) in [4.78, 5) is 22.0. The summed E-state index contributed by atoms with van der Waals surface area (Å²) in [6.07, 6.45) is 8.17. The van der Waals surface area contributed by atoms with Gasteiger partial charge in [-0.2, -0.15) is 5.10 Å². The normalized spacial score (nSPS) is 18.6. The van der Waals surface area contributed by atoms with Gasteiger partial charge in [0.2, 0.25) is 0 Å². The lowest BCUT2D eigenvalue weighted by Crippen LogP contribution is -2.43. The van der Waals surface area contributed by atoms with Gasteiger partial charge in [-0.05, 0) is 37.5 Å². The maximum Gasteiger partial charge on any atom is 0.251 e. The average molecular weight is 398 g/mol. The van der Waals surface area contributed by atoms with Crippen LogP contribution in [0.3, 0.4) is 0 Å². The molecule has 0 unspecified atom stereocenters. The molecule has 1 saturated carbocycles. The molecular weight excluding hydrogens is 376 g/mol. The summed E-state index contributed by atoms with van der Waals surface area (Å²) in [5, 5.41) is 7.45. The SMILES string of the molecule is N[C@H]1CCC[C@H]1NC(=O)c1ccnc(-c2cnn3ccc(-c4ccccc4)nc23)c1. The highest BCUT2D eigenvalue weighted by Gasteiger charge is 2.25. The van der Waals surface area contributed by atoms with Crippen molar-refractivity contribution < 1.29 is 4.79 Å². The summed E-state index contributed by atoms with van der Waals surface area (Å²) in [6, 6.07) is 15.5. The lowest BCUT2D eigenvalue weighted by atomic mass is 10.1. The Hall–Kier alpha value is -3.58. The van der Waals surface area contributed by atoms with Crippen LogP contribution < -0.4 is 11.1 Å². The second kappa shape index (κ2) is 7.68. The topological polar surface area (TPSA) is 98.2 Å². The number of hydrogen-bond acceptors (Lipinski definition) is 5. The number of hydrogen-bond donors (Lipinski definition) is 2. The zero-order valence-electron chi connectivity index (χ0n) is 16.4. The fourth-order valence-corrected chi connectivity index (χ4v) is 3.96. The average Bonchev–Trinajstić information content (AvgIpc) is 3.40. The first-order valence-electron chi connectivity index (χ1n) is 10.1. The number of amides is 1. The molecule has 3 N–H and O–H groups in total. The van der Waals surface area contributed by atoms with Crippen LogP contribution in [0.1, 0.15) is 29.6 Å². The molecule has 7 heteroatoms. The number of rotatable bonds is 4. The van der Waals surface area contributed by atoms with E-state index in [-0.39, 0.29) is 18.0 Å². The number of carbonyl (C=O) groups is 1. The quantitative estimate of drug-likeness (QED) is 0.550. The summed E-state index contributed by atoms with van der Waals surface area (Å²) in [5.74, 6) is -0.129. The van der Waals surface area contributed by atoms with Crippen molar-refractivity contribution in [2.24, 2.45) is 5.73 Å². The first-order valence-corrected chi connectivity index (χ1v) is 10.1. The van der Waals surface area contributed by atoms with Crippen LogP contribution in [0.2, 0.25) is 0 Å². The van der Waals surface area contributed by atoms with E-state index in [1.165, 1.54) is 0 Å². The summed E-state index contributed by atoms with van der Waals surface area (Å²) < 4.78 is 1.72. The Morgan fingerprint density at radius 2 is 1.97 bits per heavy atom. The molecule has 30 heavy (non-hydrogen) atoms. The van der Waals surface area contributed by atoms with Crippen LogP contribution in [0.4, 0.5) is 0 Å². The van der Waals surface area contributed by atoms with Crippen LogP contribution in [0.25, 0.3) is 28.2 Å². The molecule has 1 fully saturated rings. The van der Waals surface area contributed by atoms with Crippen molar-refractivity contribution in [2.45, 2.75) is 31.3 Å². The van der Waals surface area contributed by atoms with Crippen LogP contribution >= 0.6 is 0 Å². The Morgan fingerprint density at radius 3 is 2.77 bits per heavy atom. The maximum atomic E-state index is 12.7. The zero-order valence-corrected chi connectivity index (χ0v) is 16.4. The van der Waals surface area contributed by atoms with Crippen LogP contribution in [-0.2, 0) is 0 Å². The van der Waals surface area contributed by atoms with Crippen LogP contribution in [-0.4, -0.2) is 37.6 Å². The number of fused-ring (bicyclic) bond motifs is 1. The highest BCUT2D eigenvalue weighted by Crippen LogP contribution is 2.25. The van der Waals surface area contributed by atoms with Gasteiger partial charge in [0.1, 0.15) is 0 Å². The standard InChI is InChI=1S/C23H22N6O/c24-18-7-4-8-20(18)28-23(30)16-9-11-25-21(13-16)17-14-26-29-12-10-19(27-22(17)29)15-5-2-1-3-6-15/h1-3,5-6,9-14,18,20H,4,7-8,24H2,(H,28,30)/t18-,20+/m0/s1. The van der Waals surface area contributed by atoms with Gasteiger partial charge in [-0.25, -0.2) is 9.50 Å². The van der Waals surface area contributed by atoms with E-state index in [0.717, 1.165) is 36.1 Å². The number of benzene rings is 1. The molecule has 5 rings (SSSR count). The molecule has 1 aromatic carbocycles. The molecule has 3 aromatic heterocycles. The molecule has 0 bridgehead atoms. The molecular formula is C23H22N6O. The summed E-state index contributed by atoms with van der Waals surface area (Å²) in [7, 11) is 0. The van der Waals surface area contributed by atoms with Crippen molar-refractivity contribution in [2.75, 3.05) is 0 Å². The fraction of sp³-hybridized carbons (Fsp3) is 0.217. The molecule has 7 nitrogen and oxygen atoms in total. The smallest absolute Gasteiger partial charge is 0.251 e. The number of nitrogens with one attached hydrogen (secondary N) is 1. The van der Waals surface area contributed by atoms with Crippen molar-refractivity contribution in [1.29, 1.82) is 0 Å². The van der Waals surface area contributed by atoms with Crippen LogP contribution in [0, 0.1) is 0 Å². The van der Waals surface area contributed by atoms with Gasteiger partial charge in [0.05, 0.1) is 23.1 Å². The van der Waals surface area contributed by atoms with E-state index >= 15 is 0 Å². The van der Waals surface area contributed by atoms with E-state index in [9.17, 15) is 4.79 Å². The van der Waals surface area contributed by atoms with E-state index < -0.39 is 0 Å². The molecule has 1 aliphatic carbocycles. The van der Waals surface area contributed by atoms with Crippen molar-refractivity contribution in [3.63, 3.8) is 0 Å². The summed E-state index contributed by atoms with van der Waals surface area (Å²) in [6.45, 7) is 0. The lowest BCUT2D eigenvalue weighted by Gasteiger charge is -2.17. The number of nitrogens with two attached hydrogens (primary N) is 1. The second-order valence-corrected chi connectivity index (χ2v) is 7.61. The van der Waals surface area contributed by atoms with Gasteiger partial charge in [0, 0.05) is 35.6 Å². The number of nitrogens with zero attached hydrogens (tertiary/aromatic N) is 4. The molecule has 2 atom stereocenters.